The molecule has 0 saturated heterocycles. The molecule has 0 aromatic heterocycles. The molecule has 2 aromatic carbocycles. The van der Waals surface area contributed by atoms with Gasteiger partial charge in [-0.05, 0) is 36.2 Å². The van der Waals surface area contributed by atoms with Crippen molar-refractivity contribution in [2.75, 3.05) is 6.61 Å². The summed E-state index contributed by atoms with van der Waals surface area (Å²) in [6, 6.07) is 14.1. The molecule has 18 heavy (non-hydrogen) atoms. The highest BCUT2D eigenvalue weighted by molar-refractivity contribution is 5.97. The molecule has 0 radical (unpaired) electrons. The van der Waals surface area contributed by atoms with E-state index in [1.54, 1.807) is 19.1 Å². The van der Waals surface area contributed by atoms with Gasteiger partial charge in [0.1, 0.15) is 5.75 Å². The Morgan fingerprint density at radius 2 is 1.89 bits per heavy atom. The maximum atomic E-state index is 11.8. The Morgan fingerprint density at radius 1 is 1.17 bits per heavy atom. The minimum atomic E-state index is -0.378. The Kier molecular flexibility index (Phi) is 3.63. The standard InChI is InChI=1S/C15H14O3/c1-2-18-15(17)13-9-8-12(16)10-14(13)11-6-4-3-5-7-11/h3-10,16H,2H2,1H3. The van der Waals surface area contributed by atoms with Crippen LogP contribution in [-0.4, -0.2) is 17.7 Å². The Labute approximate surface area is 106 Å². The van der Waals surface area contributed by atoms with Crippen molar-refractivity contribution in [2.24, 2.45) is 0 Å². The molecular weight excluding hydrogens is 228 g/mol. The third-order valence-electron chi connectivity index (χ3n) is 2.58. The van der Waals surface area contributed by atoms with Crippen LogP contribution in [0.25, 0.3) is 11.1 Å². The van der Waals surface area contributed by atoms with Gasteiger partial charge in [0.2, 0.25) is 0 Å². The summed E-state index contributed by atoms with van der Waals surface area (Å²) in [6.07, 6.45) is 0. The van der Waals surface area contributed by atoms with Crippen LogP contribution in [0.2, 0.25) is 0 Å². The molecule has 92 valence electrons. The predicted octanol–water partition coefficient (Wildman–Crippen LogP) is 3.24. The molecule has 2 rings (SSSR count). The monoisotopic (exact) mass is 242 g/mol. The van der Waals surface area contributed by atoms with Gasteiger partial charge in [-0.15, -0.1) is 0 Å². The van der Waals surface area contributed by atoms with Gasteiger partial charge in [0.05, 0.1) is 12.2 Å². The lowest BCUT2D eigenvalue weighted by Gasteiger charge is -2.09. The summed E-state index contributed by atoms with van der Waals surface area (Å²) in [5.41, 5.74) is 2.01. The van der Waals surface area contributed by atoms with Gasteiger partial charge >= 0.3 is 5.97 Å². The Hall–Kier alpha value is -2.29. The number of hydrogen-bond acceptors (Lipinski definition) is 3. The van der Waals surface area contributed by atoms with Crippen LogP contribution in [0, 0.1) is 0 Å². The largest absolute Gasteiger partial charge is 0.508 e. The van der Waals surface area contributed by atoms with Crippen molar-refractivity contribution in [2.45, 2.75) is 6.92 Å². The van der Waals surface area contributed by atoms with Crippen LogP contribution in [0.3, 0.4) is 0 Å². The molecule has 0 bridgehead atoms. The number of benzene rings is 2. The number of carbonyl (C=O) groups is 1. The van der Waals surface area contributed by atoms with Gasteiger partial charge in [-0.2, -0.15) is 0 Å². The number of hydrogen-bond donors (Lipinski definition) is 1. The summed E-state index contributed by atoms with van der Waals surface area (Å²) in [6.45, 7) is 2.09. The fraction of sp³-hybridized carbons (Fsp3) is 0.133. The van der Waals surface area contributed by atoms with Gasteiger partial charge < -0.3 is 9.84 Å². The number of esters is 1. The maximum absolute atomic E-state index is 11.8. The lowest BCUT2D eigenvalue weighted by atomic mass is 9.99. The van der Waals surface area contributed by atoms with Gasteiger partial charge in [0.25, 0.3) is 0 Å². The number of phenolic OH excluding ortho intramolecular Hbond substituents is 1. The molecule has 0 aliphatic heterocycles. The molecule has 0 amide bonds. The molecule has 0 atom stereocenters. The molecule has 0 spiro atoms. The van der Waals surface area contributed by atoms with E-state index < -0.39 is 0 Å². The highest BCUT2D eigenvalue weighted by Gasteiger charge is 2.14. The second-order valence-electron chi connectivity index (χ2n) is 3.82. The smallest absolute Gasteiger partial charge is 0.338 e. The number of phenols is 1. The third-order valence-corrected chi connectivity index (χ3v) is 2.58. The lowest BCUT2D eigenvalue weighted by Crippen LogP contribution is -2.06. The van der Waals surface area contributed by atoms with Crippen molar-refractivity contribution in [3.05, 3.63) is 54.1 Å². The molecule has 0 heterocycles. The summed E-state index contributed by atoms with van der Waals surface area (Å²) < 4.78 is 5.01. The first kappa shape index (κ1) is 12.2. The van der Waals surface area contributed by atoms with E-state index in [1.165, 1.54) is 6.07 Å². The number of aromatic hydroxyl groups is 1. The second-order valence-corrected chi connectivity index (χ2v) is 3.82. The van der Waals surface area contributed by atoms with E-state index in [0.717, 1.165) is 5.56 Å². The summed E-state index contributed by atoms with van der Waals surface area (Å²) >= 11 is 0. The minimum absolute atomic E-state index is 0.127. The van der Waals surface area contributed by atoms with E-state index in [2.05, 4.69) is 0 Å². The number of ether oxygens (including phenoxy) is 1. The molecule has 1 N–H and O–H groups in total. The van der Waals surface area contributed by atoms with Crippen molar-refractivity contribution < 1.29 is 14.6 Å². The SMILES string of the molecule is CCOC(=O)c1ccc(O)cc1-c1ccccc1. The van der Waals surface area contributed by atoms with Crippen LogP contribution in [0.5, 0.6) is 5.75 Å². The third kappa shape index (κ3) is 2.51. The minimum Gasteiger partial charge on any atom is -0.508 e. The molecule has 3 nitrogen and oxygen atoms in total. The summed E-state index contributed by atoms with van der Waals surface area (Å²) in [5, 5.41) is 9.56. The molecule has 0 aliphatic rings. The van der Waals surface area contributed by atoms with Crippen LogP contribution in [0.1, 0.15) is 17.3 Å². The van der Waals surface area contributed by atoms with E-state index >= 15 is 0 Å². The van der Waals surface area contributed by atoms with Crippen molar-refractivity contribution in [3.63, 3.8) is 0 Å². The molecule has 0 unspecified atom stereocenters. The van der Waals surface area contributed by atoms with Gasteiger partial charge in [0.15, 0.2) is 0 Å². The zero-order chi connectivity index (χ0) is 13.0. The molecular formula is C15H14O3. The van der Waals surface area contributed by atoms with E-state index in [9.17, 15) is 9.90 Å². The van der Waals surface area contributed by atoms with Crippen LogP contribution in [0.15, 0.2) is 48.5 Å². The predicted molar refractivity (Wildman–Crippen MR) is 69.5 cm³/mol. The average Bonchev–Trinajstić information content (AvgIpc) is 2.40. The van der Waals surface area contributed by atoms with Crippen LogP contribution in [-0.2, 0) is 4.74 Å². The number of carbonyl (C=O) groups excluding carboxylic acids is 1. The van der Waals surface area contributed by atoms with Gasteiger partial charge in [-0.3, -0.25) is 0 Å². The molecule has 0 saturated carbocycles. The lowest BCUT2D eigenvalue weighted by molar-refractivity contribution is 0.0527. The first-order valence-electron chi connectivity index (χ1n) is 5.78. The highest BCUT2D eigenvalue weighted by atomic mass is 16.5. The van der Waals surface area contributed by atoms with E-state index in [1.807, 2.05) is 30.3 Å². The summed E-state index contributed by atoms with van der Waals surface area (Å²) in [7, 11) is 0. The maximum Gasteiger partial charge on any atom is 0.338 e. The Morgan fingerprint density at radius 3 is 2.56 bits per heavy atom. The van der Waals surface area contributed by atoms with Crippen molar-refractivity contribution in [3.8, 4) is 16.9 Å². The fourth-order valence-corrected chi connectivity index (χ4v) is 1.78. The van der Waals surface area contributed by atoms with Crippen molar-refractivity contribution in [1.29, 1.82) is 0 Å². The highest BCUT2D eigenvalue weighted by Crippen LogP contribution is 2.27. The van der Waals surface area contributed by atoms with Crippen molar-refractivity contribution in [1.82, 2.24) is 0 Å². The second kappa shape index (κ2) is 5.36. The van der Waals surface area contributed by atoms with Crippen molar-refractivity contribution >= 4 is 5.97 Å². The van der Waals surface area contributed by atoms with Gasteiger partial charge in [-0.1, -0.05) is 30.3 Å². The van der Waals surface area contributed by atoms with Crippen LogP contribution in [0.4, 0.5) is 0 Å². The van der Waals surface area contributed by atoms with Crippen LogP contribution < -0.4 is 0 Å². The molecule has 3 heteroatoms. The number of rotatable bonds is 3. The summed E-state index contributed by atoms with van der Waals surface area (Å²) in [5.74, 6) is -0.252. The quantitative estimate of drug-likeness (QED) is 0.840. The molecule has 2 aromatic rings. The van der Waals surface area contributed by atoms with E-state index in [0.29, 0.717) is 17.7 Å². The Balaban J connectivity index is 2.51. The summed E-state index contributed by atoms with van der Waals surface area (Å²) in [4.78, 5) is 11.8. The van der Waals surface area contributed by atoms with E-state index in [-0.39, 0.29) is 11.7 Å². The Bertz CT molecular complexity index is 547. The topological polar surface area (TPSA) is 46.5 Å². The first-order chi connectivity index (χ1) is 8.72. The van der Waals surface area contributed by atoms with Gasteiger partial charge in [0, 0.05) is 0 Å². The zero-order valence-corrected chi connectivity index (χ0v) is 10.1. The fourth-order valence-electron chi connectivity index (χ4n) is 1.78. The zero-order valence-electron chi connectivity index (χ0n) is 10.1. The van der Waals surface area contributed by atoms with Gasteiger partial charge in [-0.25, -0.2) is 4.79 Å². The normalized spacial score (nSPS) is 10.1. The van der Waals surface area contributed by atoms with Crippen LogP contribution >= 0.6 is 0 Å². The van der Waals surface area contributed by atoms with E-state index in [4.69, 9.17) is 4.74 Å². The first-order valence-corrected chi connectivity index (χ1v) is 5.78. The molecule has 0 fully saturated rings. The average molecular weight is 242 g/mol. The molecule has 0 aliphatic carbocycles.